The molecule has 0 saturated heterocycles. The van der Waals surface area contributed by atoms with Crippen molar-refractivity contribution >= 4 is 11.9 Å². The molecule has 0 rings (SSSR count). The molecule has 0 radical (unpaired) electrons. The van der Waals surface area contributed by atoms with Crippen LogP contribution in [-0.2, 0) is 23.8 Å². The fraction of sp³-hybridized carbons (Fsp3) is 0.787. The standard InChI is InChI=1S/C47H84O5/c1-4-7-10-13-16-18-20-22-24-26-28-30-32-34-37-40-46(48)51-44-45(43-50-42-39-36-15-12-9-6-3)52-47(49)41-38-35-33-31-29-27-25-23-21-19-17-14-11-8-5-2/h7,10,16,18,22,24,28,30,45H,4-6,8-9,11-15,17,19-21,23,25-27,29,31-44H2,1-3H3/b10-7-,18-16-,24-22-,30-28-. The van der Waals surface area contributed by atoms with Gasteiger partial charge in [0.2, 0.25) is 0 Å². The lowest BCUT2D eigenvalue weighted by molar-refractivity contribution is -0.163. The Kier molecular flexibility index (Phi) is 41.5. The van der Waals surface area contributed by atoms with Crippen LogP contribution < -0.4 is 0 Å². The van der Waals surface area contributed by atoms with Crippen LogP contribution in [0.15, 0.2) is 48.6 Å². The highest BCUT2D eigenvalue weighted by molar-refractivity contribution is 5.70. The van der Waals surface area contributed by atoms with Crippen molar-refractivity contribution in [1.82, 2.24) is 0 Å². The van der Waals surface area contributed by atoms with Crippen molar-refractivity contribution in [3.05, 3.63) is 48.6 Å². The summed E-state index contributed by atoms with van der Waals surface area (Å²) in [5.74, 6) is -0.443. The molecule has 0 aliphatic carbocycles. The van der Waals surface area contributed by atoms with Crippen LogP contribution in [0.1, 0.15) is 213 Å². The smallest absolute Gasteiger partial charge is 0.306 e. The van der Waals surface area contributed by atoms with Crippen LogP contribution in [0.25, 0.3) is 0 Å². The van der Waals surface area contributed by atoms with Gasteiger partial charge in [0.15, 0.2) is 6.10 Å². The Hall–Kier alpha value is -2.14. The average molecular weight is 729 g/mol. The quantitative estimate of drug-likeness (QED) is 0.0357. The van der Waals surface area contributed by atoms with Crippen molar-refractivity contribution in [2.24, 2.45) is 0 Å². The normalized spacial score (nSPS) is 12.6. The lowest BCUT2D eigenvalue weighted by atomic mass is 10.0. The second kappa shape index (κ2) is 43.3. The number of allylic oxidation sites excluding steroid dienone is 8. The van der Waals surface area contributed by atoms with E-state index in [0.717, 1.165) is 70.6 Å². The van der Waals surface area contributed by atoms with E-state index >= 15 is 0 Å². The molecule has 0 aliphatic heterocycles. The van der Waals surface area contributed by atoms with Crippen molar-refractivity contribution < 1.29 is 23.8 Å². The SMILES string of the molecule is CC/C=C\C/C=C\C/C=C\C/C=C\CCCCC(=O)OCC(COCCCCCCCC)OC(=O)CCCCCCCCCCCCCCCCC. The summed E-state index contributed by atoms with van der Waals surface area (Å²) in [5.41, 5.74) is 0. The average Bonchev–Trinajstić information content (AvgIpc) is 3.14. The fourth-order valence-electron chi connectivity index (χ4n) is 6.09. The molecule has 5 heteroatoms. The third-order valence-electron chi connectivity index (χ3n) is 9.38. The highest BCUT2D eigenvalue weighted by Crippen LogP contribution is 2.14. The number of carbonyl (C=O) groups is 2. The second-order valence-corrected chi connectivity index (χ2v) is 14.6. The third kappa shape index (κ3) is 40.6. The Morgan fingerprint density at radius 1 is 0.442 bits per heavy atom. The first-order valence-corrected chi connectivity index (χ1v) is 22.2. The van der Waals surface area contributed by atoms with Gasteiger partial charge in [-0.1, -0.05) is 191 Å². The van der Waals surface area contributed by atoms with Crippen LogP contribution in [0.3, 0.4) is 0 Å². The lowest BCUT2D eigenvalue weighted by Crippen LogP contribution is -2.30. The number of ether oxygens (including phenoxy) is 3. The Balaban J connectivity index is 4.18. The second-order valence-electron chi connectivity index (χ2n) is 14.6. The summed E-state index contributed by atoms with van der Waals surface area (Å²) in [4.78, 5) is 25.1. The summed E-state index contributed by atoms with van der Waals surface area (Å²) >= 11 is 0. The van der Waals surface area contributed by atoms with Crippen molar-refractivity contribution in [2.45, 2.75) is 219 Å². The van der Waals surface area contributed by atoms with Gasteiger partial charge in [0.25, 0.3) is 0 Å². The molecule has 0 bridgehead atoms. The lowest BCUT2D eigenvalue weighted by Gasteiger charge is -2.18. The van der Waals surface area contributed by atoms with Crippen LogP contribution in [0.2, 0.25) is 0 Å². The summed E-state index contributed by atoms with van der Waals surface area (Å²) in [6.07, 6.45) is 51.2. The zero-order chi connectivity index (χ0) is 37.8. The largest absolute Gasteiger partial charge is 0.462 e. The van der Waals surface area contributed by atoms with E-state index in [-0.39, 0.29) is 25.2 Å². The third-order valence-corrected chi connectivity index (χ3v) is 9.38. The minimum Gasteiger partial charge on any atom is -0.462 e. The summed E-state index contributed by atoms with van der Waals surface area (Å²) in [6.45, 7) is 7.64. The van der Waals surface area contributed by atoms with Gasteiger partial charge >= 0.3 is 11.9 Å². The van der Waals surface area contributed by atoms with Gasteiger partial charge < -0.3 is 14.2 Å². The molecule has 302 valence electrons. The molecule has 0 aromatic rings. The molecule has 0 fully saturated rings. The number of hydrogen-bond acceptors (Lipinski definition) is 5. The molecule has 0 aromatic carbocycles. The number of unbranched alkanes of at least 4 members (excludes halogenated alkanes) is 21. The number of rotatable bonds is 40. The van der Waals surface area contributed by atoms with Gasteiger partial charge in [0.05, 0.1) is 6.61 Å². The van der Waals surface area contributed by atoms with Gasteiger partial charge in [0, 0.05) is 19.4 Å². The van der Waals surface area contributed by atoms with E-state index in [9.17, 15) is 9.59 Å². The highest BCUT2D eigenvalue weighted by atomic mass is 16.6. The van der Waals surface area contributed by atoms with E-state index in [2.05, 4.69) is 69.4 Å². The first-order chi connectivity index (χ1) is 25.6. The molecule has 0 amide bonds. The van der Waals surface area contributed by atoms with E-state index in [0.29, 0.717) is 19.4 Å². The van der Waals surface area contributed by atoms with Gasteiger partial charge in [0.1, 0.15) is 6.61 Å². The monoisotopic (exact) mass is 729 g/mol. The summed E-state index contributed by atoms with van der Waals surface area (Å²) in [6, 6.07) is 0. The van der Waals surface area contributed by atoms with Crippen LogP contribution in [-0.4, -0.2) is 37.9 Å². The number of hydrogen-bond donors (Lipinski definition) is 0. The molecule has 1 unspecified atom stereocenters. The topological polar surface area (TPSA) is 61.8 Å². The van der Waals surface area contributed by atoms with E-state index in [1.54, 1.807) is 0 Å². The van der Waals surface area contributed by atoms with E-state index in [1.807, 2.05) is 0 Å². The molecule has 0 saturated carbocycles. The van der Waals surface area contributed by atoms with Crippen molar-refractivity contribution in [2.75, 3.05) is 19.8 Å². The molecular formula is C47H84O5. The zero-order valence-corrected chi connectivity index (χ0v) is 34.6. The first-order valence-electron chi connectivity index (χ1n) is 22.2. The zero-order valence-electron chi connectivity index (χ0n) is 34.6. The van der Waals surface area contributed by atoms with Gasteiger partial charge in [-0.3, -0.25) is 9.59 Å². The van der Waals surface area contributed by atoms with Crippen molar-refractivity contribution in [3.63, 3.8) is 0 Å². The highest BCUT2D eigenvalue weighted by Gasteiger charge is 2.17. The summed E-state index contributed by atoms with van der Waals surface area (Å²) in [7, 11) is 0. The van der Waals surface area contributed by atoms with Gasteiger partial charge in [-0.25, -0.2) is 0 Å². The first kappa shape index (κ1) is 49.9. The minimum atomic E-state index is -0.544. The Bertz CT molecular complexity index is 873. The predicted octanol–water partition coefficient (Wildman–Crippen LogP) is 14.4. The number of carbonyl (C=O) groups excluding carboxylic acids is 2. The van der Waals surface area contributed by atoms with Gasteiger partial charge in [-0.2, -0.15) is 0 Å². The fourth-order valence-corrected chi connectivity index (χ4v) is 6.09. The Morgan fingerprint density at radius 2 is 0.865 bits per heavy atom. The maximum Gasteiger partial charge on any atom is 0.306 e. The molecule has 0 heterocycles. The van der Waals surface area contributed by atoms with E-state index in [4.69, 9.17) is 14.2 Å². The molecule has 0 N–H and O–H groups in total. The van der Waals surface area contributed by atoms with Crippen LogP contribution in [0.4, 0.5) is 0 Å². The Morgan fingerprint density at radius 3 is 1.38 bits per heavy atom. The van der Waals surface area contributed by atoms with Gasteiger partial charge in [-0.05, 0) is 57.8 Å². The summed E-state index contributed by atoms with van der Waals surface area (Å²) in [5, 5.41) is 0. The number of esters is 2. The molecular weight excluding hydrogens is 645 g/mol. The Labute approximate surface area is 322 Å². The van der Waals surface area contributed by atoms with Crippen LogP contribution in [0.5, 0.6) is 0 Å². The van der Waals surface area contributed by atoms with Crippen molar-refractivity contribution in [3.8, 4) is 0 Å². The van der Waals surface area contributed by atoms with E-state index < -0.39 is 6.10 Å². The summed E-state index contributed by atoms with van der Waals surface area (Å²) < 4.78 is 17.2. The molecule has 0 spiro atoms. The van der Waals surface area contributed by atoms with E-state index in [1.165, 1.54) is 109 Å². The molecule has 0 aromatic heterocycles. The van der Waals surface area contributed by atoms with Gasteiger partial charge in [-0.15, -0.1) is 0 Å². The minimum absolute atomic E-state index is 0.0663. The molecule has 1 atom stereocenters. The molecule has 52 heavy (non-hydrogen) atoms. The van der Waals surface area contributed by atoms with Crippen molar-refractivity contribution in [1.29, 1.82) is 0 Å². The predicted molar refractivity (Wildman–Crippen MR) is 224 cm³/mol. The van der Waals surface area contributed by atoms with Crippen LogP contribution >= 0.6 is 0 Å². The van der Waals surface area contributed by atoms with Crippen LogP contribution in [0, 0.1) is 0 Å². The maximum absolute atomic E-state index is 12.7. The molecule has 5 nitrogen and oxygen atoms in total. The maximum atomic E-state index is 12.7. The molecule has 0 aliphatic rings.